The van der Waals surface area contributed by atoms with Gasteiger partial charge in [0.05, 0.1) is 12.4 Å². The van der Waals surface area contributed by atoms with Crippen LogP contribution in [-0.4, -0.2) is 9.97 Å². The summed E-state index contributed by atoms with van der Waals surface area (Å²) < 4.78 is 26.2. The van der Waals surface area contributed by atoms with Crippen molar-refractivity contribution in [2.45, 2.75) is 6.54 Å². The van der Waals surface area contributed by atoms with Crippen molar-refractivity contribution in [3.05, 3.63) is 52.9 Å². The molecule has 0 radical (unpaired) electrons. The van der Waals surface area contributed by atoms with Crippen LogP contribution in [0.15, 0.2) is 30.6 Å². The van der Waals surface area contributed by atoms with Crippen LogP contribution in [0.4, 0.5) is 14.6 Å². The Labute approximate surface area is 101 Å². The SMILES string of the molecule is Fc1ccc(F)c(CNc2cncc(Cl)n2)c1. The van der Waals surface area contributed by atoms with Crippen molar-refractivity contribution < 1.29 is 8.78 Å². The number of hydrogen-bond acceptors (Lipinski definition) is 3. The second-order valence-electron chi connectivity index (χ2n) is 3.32. The number of anilines is 1. The van der Waals surface area contributed by atoms with Crippen LogP contribution in [-0.2, 0) is 6.54 Å². The maximum absolute atomic E-state index is 13.3. The molecular weight excluding hydrogens is 248 g/mol. The molecule has 0 aliphatic carbocycles. The fourth-order valence-electron chi connectivity index (χ4n) is 1.29. The number of hydrogen-bond donors (Lipinski definition) is 1. The average molecular weight is 256 g/mol. The molecular formula is C11H8ClF2N3. The molecule has 0 saturated heterocycles. The van der Waals surface area contributed by atoms with Gasteiger partial charge in [0, 0.05) is 12.1 Å². The molecule has 0 aliphatic rings. The van der Waals surface area contributed by atoms with Crippen LogP contribution < -0.4 is 5.32 Å². The van der Waals surface area contributed by atoms with E-state index >= 15 is 0 Å². The van der Waals surface area contributed by atoms with Crippen molar-refractivity contribution in [2.75, 3.05) is 5.32 Å². The molecule has 0 amide bonds. The van der Waals surface area contributed by atoms with E-state index in [0.29, 0.717) is 5.82 Å². The molecule has 0 spiro atoms. The molecule has 0 aliphatic heterocycles. The third-order valence-corrected chi connectivity index (χ3v) is 2.25. The molecule has 2 rings (SSSR count). The first kappa shape index (κ1) is 11.7. The van der Waals surface area contributed by atoms with Crippen molar-refractivity contribution in [2.24, 2.45) is 0 Å². The summed E-state index contributed by atoms with van der Waals surface area (Å²) in [6.45, 7) is 0.110. The van der Waals surface area contributed by atoms with Crippen molar-refractivity contribution in [3.8, 4) is 0 Å². The lowest BCUT2D eigenvalue weighted by Gasteiger charge is -2.06. The number of nitrogens with one attached hydrogen (secondary N) is 1. The Hall–Kier alpha value is -1.75. The zero-order valence-corrected chi connectivity index (χ0v) is 9.38. The molecule has 3 nitrogen and oxygen atoms in total. The Morgan fingerprint density at radius 2 is 2.06 bits per heavy atom. The Morgan fingerprint density at radius 3 is 2.82 bits per heavy atom. The van der Waals surface area contributed by atoms with Gasteiger partial charge in [0.15, 0.2) is 0 Å². The van der Waals surface area contributed by atoms with Gasteiger partial charge < -0.3 is 5.32 Å². The molecule has 1 aromatic heterocycles. The van der Waals surface area contributed by atoms with E-state index < -0.39 is 11.6 Å². The summed E-state index contributed by atoms with van der Waals surface area (Å²) >= 11 is 5.64. The monoisotopic (exact) mass is 255 g/mol. The van der Waals surface area contributed by atoms with Gasteiger partial charge in [-0.2, -0.15) is 0 Å². The van der Waals surface area contributed by atoms with Gasteiger partial charge in [-0.15, -0.1) is 0 Å². The molecule has 88 valence electrons. The lowest BCUT2D eigenvalue weighted by atomic mass is 10.2. The molecule has 0 saturated carbocycles. The van der Waals surface area contributed by atoms with E-state index in [0.717, 1.165) is 18.2 Å². The lowest BCUT2D eigenvalue weighted by Crippen LogP contribution is -2.04. The smallest absolute Gasteiger partial charge is 0.149 e. The van der Waals surface area contributed by atoms with Gasteiger partial charge in [-0.25, -0.2) is 13.8 Å². The van der Waals surface area contributed by atoms with Gasteiger partial charge in [-0.3, -0.25) is 4.98 Å². The van der Waals surface area contributed by atoms with Crippen LogP contribution in [0, 0.1) is 11.6 Å². The average Bonchev–Trinajstić information content (AvgIpc) is 2.30. The van der Waals surface area contributed by atoms with Gasteiger partial charge in [0.2, 0.25) is 0 Å². The van der Waals surface area contributed by atoms with Crippen LogP contribution in [0.1, 0.15) is 5.56 Å². The third kappa shape index (κ3) is 3.10. The summed E-state index contributed by atoms with van der Waals surface area (Å²) in [4.78, 5) is 7.73. The van der Waals surface area contributed by atoms with E-state index in [1.54, 1.807) is 0 Å². The summed E-state index contributed by atoms with van der Waals surface area (Å²) in [5.74, 6) is -0.560. The van der Waals surface area contributed by atoms with Gasteiger partial charge >= 0.3 is 0 Å². The Morgan fingerprint density at radius 1 is 1.24 bits per heavy atom. The van der Waals surface area contributed by atoms with Crippen LogP contribution >= 0.6 is 11.6 Å². The maximum Gasteiger partial charge on any atom is 0.149 e. The quantitative estimate of drug-likeness (QED) is 0.916. The summed E-state index contributed by atoms with van der Waals surface area (Å²) in [6.07, 6.45) is 2.83. The van der Waals surface area contributed by atoms with Gasteiger partial charge in [0.25, 0.3) is 0 Å². The van der Waals surface area contributed by atoms with Crippen LogP contribution in [0.2, 0.25) is 5.15 Å². The highest BCUT2D eigenvalue weighted by atomic mass is 35.5. The number of aromatic nitrogens is 2. The molecule has 2 aromatic rings. The predicted octanol–water partition coefficient (Wildman–Crippen LogP) is 3.02. The molecule has 0 unspecified atom stereocenters. The van der Waals surface area contributed by atoms with E-state index in [-0.39, 0.29) is 17.3 Å². The van der Waals surface area contributed by atoms with Crippen LogP contribution in [0.3, 0.4) is 0 Å². The first-order valence-corrected chi connectivity index (χ1v) is 5.18. The third-order valence-electron chi connectivity index (χ3n) is 2.07. The maximum atomic E-state index is 13.3. The topological polar surface area (TPSA) is 37.8 Å². The number of nitrogens with zero attached hydrogens (tertiary/aromatic N) is 2. The van der Waals surface area contributed by atoms with E-state index in [9.17, 15) is 8.78 Å². The largest absolute Gasteiger partial charge is 0.365 e. The Kier molecular flexibility index (Phi) is 3.49. The lowest BCUT2D eigenvalue weighted by molar-refractivity contribution is 0.587. The second-order valence-corrected chi connectivity index (χ2v) is 3.70. The zero-order chi connectivity index (χ0) is 12.3. The molecule has 0 fully saturated rings. The summed E-state index contributed by atoms with van der Waals surface area (Å²) in [6, 6.07) is 3.27. The Balaban J connectivity index is 2.09. The normalized spacial score (nSPS) is 10.3. The first-order valence-electron chi connectivity index (χ1n) is 4.80. The fourth-order valence-corrected chi connectivity index (χ4v) is 1.44. The first-order chi connectivity index (χ1) is 8.15. The van der Waals surface area contributed by atoms with E-state index in [1.807, 2.05) is 0 Å². The van der Waals surface area contributed by atoms with Gasteiger partial charge in [0.1, 0.15) is 22.6 Å². The van der Waals surface area contributed by atoms with Crippen molar-refractivity contribution in [1.82, 2.24) is 9.97 Å². The molecule has 6 heteroatoms. The van der Waals surface area contributed by atoms with Crippen molar-refractivity contribution in [3.63, 3.8) is 0 Å². The van der Waals surface area contributed by atoms with E-state index in [2.05, 4.69) is 15.3 Å². The highest BCUT2D eigenvalue weighted by molar-refractivity contribution is 6.29. The predicted molar refractivity (Wildman–Crippen MR) is 60.7 cm³/mol. The minimum Gasteiger partial charge on any atom is -0.365 e. The highest BCUT2D eigenvalue weighted by Crippen LogP contribution is 2.12. The Bertz CT molecular complexity index is 534. The highest BCUT2D eigenvalue weighted by Gasteiger charge is 2.04. The van der Waals surface area contributed by atoms with Crippen LogP contribution in [0.5, 0.6) is 0 Å². The van der Waals surface area contributed by atoms with Crippen molar-refractivity contribution in [1.29, 1.82) is 0 Å². The number of rotatable bonds is 3. The van der Waals surface area contributed by atoms with Crippen LogP contribution in [0.25, 0.3) is 0 Å². The summed E-state index contributed by atoms with van der Waals surface area (Å²) in [7, 11) is 0. The van der Waals surface area contributed by atoms with Gasteiger partial charge in [-0.05, 0) is 18.2 Å². The van der Waals surface area contributed by atoms with Gasteiger partial charge in [-0.1, -0.05) is 11.6 Å². The molecule has 1 aromatic carbocycles. The summed E-state index contributed by atoms with van der Waals surface area (Å²) in [5, 5.41) is 3.04. The molecule has 0 bridgehead atoms. The zero-order valence-electron chi connectivity index (χ0n) is 8.62. The standard InChI is InChI=1S/C11H8ClF2N3/c12-10-5-15-6-11(17-10)16-4-7-3-8(13)1-2-9(7)14/h1-3,5-6H,4H2,(H,16,17). The fraction of sp³-hybridized carbons (Fsp3) is 0.0909. The molecule has 17 heavy (non-hydrogen) atoms. The minimum absolute atomic E-state index is 0.110. The molecule has 0 atom stereocenters. The van der Waals surface area contributed by atoms with E-state index in [4.69, 9.17) is 11.6 Å². The second kappa shape index (κ2) is 5.05. The molecule has 1 N–H and O–H groups in total. The number of halogens is 3. The molecule has 1 heterocycles. The number of benzene rings is 1. The summed E-state index contributed by atoms with van der Waals surface area (Å²) in [5.41, 5.74) is 0.215. The van der Waals surface area contributed by atoms with E-state index in [1.165, 1.54) is 12.4 Å². The minimum atomic E-state index is -0.486. The van der Waals surface area contributed by atoms with Crippen molar-refractivity contribution >= 4 is 17.4 Å².